The largest absolute Gasteiger partial charge is 0.465 e. The number of aromatic nitrogens is 4. The number of nitrogen functional groups attached to an aromatic ring is 1. The number of rotatable bonds is 4. The molecule has 0 aliphatic carbocycles. The lowest BCUT2D eigenvalue weighted by Gasteiger charge is -2.30. The van der Waals surface area contributed by atoms with E-state index in [0.29, 0.717) is 54.2 Å². The lowest BCUT2D eigenvalue weighted by molar-refractivity contribution is 0.124. The summed E-state index contributed by atoms with van der Waals surface area (Å²) < 4.78 is 7.75. The van der Waals surface area contributed by atoms with Crippen LogP contribution >= 0.6 is 0 Å². The molecule has 1 amide bonds. The van der Waals surface area contributed by atoms with E-state index in [1.807, 2.05) is 59.3 Å². The average molecular weight is 430 g/mol. The van der Waals surface area contributed by atoms with Crippen LogP contribution in [0, 0.1) is 0 Å². The van der Waals surface area contributed by atoms with Crippen LogP contribution in [0.25, 0.3) is 22.3 Å². The maximum Gasteiger partial charge on any atom is 0.407 e. The molecule has 0 unspecified atom stereocenters. The van der Waals surface area contributed by atoms with Gasteiger partial charge in [0, 0.05) is 18.7 Å². The van der Waals surface area contributed by atoms with Crippen molar-refractivity contribution in [3.63, 3.8) is 0 Å². The van der Waals surface area contributed by atoms with Crippen molar-refractivity contribution in [3.05, 3.63) is 60.9 Å². The summed E-state index contributed by atoms with van der Waals surface area (Å²) in [4.78, 5) is 21.3. The zero-order chi connectivity index (χ0) is 22.1. The molecule has 0 spiro atoms. The van der Waals surface area contributed by atoms with E-state index in [-0.39, 0.29) is 6.04 Å². The molecule has 9 nitrogen and oxygen atoms in total. The van der Waals surface area contributed by atoms with E-state index in [2.05, 4.69) is 9.97 Å². The summed E-state index contributed by atoms with van der Waals surface area (Å²) >= 11 is 0. The van der Waals surface area contributed by atoms with Gasteiger partial charge in [0.05, 0.1) is 11.4 Å². The minimum atomic E-state index is -0.890. The topological polar surface area (TPSA) is 119 Å². The monoisotopic (exact) mass is 430 g/mol. The number of amides is 1. The van der Waals surface area contributed by atoms with E-state index in [0.717, 1.165) is 11.3 Å². The maximum atomic E-state index is 11.2. The molecule has 9 heteroatoms. The number of fused-ring (bicyclic) bond motifs is 1. The van der Waals surface area contributed by atoms with Gasteiger partial charge in [0.1, 0.15) is 29.3 Å². The number of nitrogens with zero attached hydrogens (tertiary/aromatic N) is 5. The lowest BCUT2D eigenvalue weighted by Crippen LogP contribution is -2.38. The van der Waals surface area contributed by atoms with Gasteiger partial charge in [-0.25, -0.2) is 19.4 Å². The molecule has 1 aliphatic rings. The van der Waals surface area contributed by atoms with Gasteiger partial charge in [-0.15, -0.1) is 0 Å². The quantitative estimate of drug-likeness (QED) is 0.498. The minimum Gasteiger partial charge on any atom is -0.465 e. The number of piperidine rings is 1. The Morgan fingerprint density at radius 1 is 1.00 bits per heavy atom. The van der Waals surface area contributed by atoms with Crippen LogP contribution in [-0.4, -0.2) is 48.9 Å². The van der Waals surface area contributed by atoms with Gasteiger partial charge in [-0.05, 0) is 49.2 Å². The summed E-state index contributed by atoms with van der Waals surface area (Å²) in [5, 5.41) is 14.8. The Bertz CT molecular complexity index is 1250. The number of anilines is 1. The Morgan fingerprint density at radius 3 is 2.38 bits per heavy atom. The van der Waals surface area contributed by atoms with Crippen LogP contribution < -0.4 is 10.5 Å². The van der Waals surface area contributed by atoms with Crippen molar-refractivity contribution < 1.29 is 14.6 Å². The summed E-state index contributed by atoms with van der Waals surface area (Å²) in [6.45, 7) is 0.922. The zero-order valence-electron chi connectivity index (χ0n) is 17.3. The second-order valence-electron chi connectivity index (χ2n) is 7.69. The molecule has 3 heterocycles. The Hall–Kier alpha value is -4.14. The van der Waals surface area contributed by atoms with Gasteiger partial charge in [0.2, 0.25) is 0 Å². The van der Waals surface area contributed by atoms with E-state index < -0.39 is 6.09 Å². The number of nitrogens with two attached hydrogens (primary N) is 1. The van der Waals surface area contributed by atoms with E-state index in [9.17, 15) is 9.90 Å². The van der Waals surface area contributed by atoms with Gasteiger partial charge in [-0.2, -0.15) is 5.10 Å². The van der Waals surface area contributed by atoms with Crippen LogP contribution in [0.5, 0.6) is 11.5 Å². The molecule has 5 rings (SSSR count). The summed E-state index contributed by atoms with van der Waals surface area (Å²) in [6.07, 6.45) is 1.87. The number of para-hydroxylation sites is 1. The minimum absolute atomic E-state index is 0.0387. The highest BCUT2D eigenvalue weighted by atomic mass is 16.5. The maximum absolute atomic E-state index is 11.2. The fraction of sp³-hybridized carbons (Fsp3) is 0.217. The number of hydrogen-bond acceptors (Lipinski definition) is 6. The van der Waals surface area contributed by atoms with Gasteiger partial charge in [-0.1, -0.05) is 18.2 Å². The Balaban J connectivity index is 1.47. The van der Waals surface area contributed by atoms with Crippen LogP contribution in [0.15, 0.2) is 60.9 Å². The molecule has 0 saturated carbocycles. The lowest BCUT2D eigenvalue weighted by atomic mass is 10.1. The standard InChI is InChI=1S/C23H22N6O3/c24-21-19-20(15-6-8-18(9-7-15)32-17-4-2-1-3-5-17)27-29(22(19)26-14-25-21)16-10-12-28(13-11-16)23(30)31/h1-9,14,16H,10-13H2,(H,30,31)(H2,24,25,26). The Labute approximate surface area is 184 Å². The third-order valence-corrected chi connectivity index (χ3v) is 5.71. The van der Waals surface area contributed by atoms with Crippen LogP contribution in [0.4, 0.5) is 10.6 Å². The van der Waals surface area contributed by atoms with E-state index in [1.54, 1.807) is 0 Å². The van der Waals surface area contributed by atoms with Gasteiger partial charge in [0.15, 0.2) is 5.65 Å². The third kappa shape index (κ3) is 3.68. The van der Waals surface area contributed by atoms with Gasteiger partial charge in [-0.3, -0.25) is 0 Å². The highest BCUT2D eigenvalue weighted by molar-refractivity contribution is 5.98. The molecule has 0 bridgehead atoms. The normalized spacial score (nSPS) is 14.6. The van der Waals surface area contributed by atoms with Gasteiger partial charge >= 0.3 is 6.09 Å². The smallest absolute Gasteiger partial charge is 0.407 e. The molecule has 32 heavy (non-hydrogen) atoms. The average Bonchev–Trinajstić information content (AvgIpc) is 3.21. The molecule has 4 aromatic rings. The highest BCUT2D eigenvalue weighted by Gasteiger charge is 2.27. The molecular formula is C23H22N6O3. The van der Waals surface area contributed by atoms with Crippen molar-refractivity contribution in [2.45, 2.75) is 18.9 Å². The zero-order valence-corrected chi connectivity index (χ0v) is 17.3. The van der Waals surface area contributed by atoms with Gasteiger partial charge < -0.3 is 20.5 Å². The molecule has 1 aliphatic heterocycles. The molecule has 1 saturated heterocycles. The Kier molecular flexibility index (Phi) is 5.06. The third-order valence-electron chi connectivity index (χ3n) is 5.71. The summed E-state index contributed by atoms with van der Waals surface area (Å²) in [5.41, 5.74) is 8.45. The van der Waals surface area contributed by atoms with Crippen molar-refractivity contribution in [2.24, 2.45) is 0 Å². The SMILES string of the molecule is Nc1ncnc2c1c(-c1ccc(Oc3ccccc3)cc1)nn2C1CCN(C(=O)O)CC1. The number of carbonyl (C=O) groups is 1. The Morgan fingerprint density at radius 2 is 1.69 bits per heavy atom. The fourth-order valence-electron chi connectivity index (χ4n) is 4.06. The molecule has 2 aromatic heterocycles. The number of benzene rings is 2. The van der Waals surface area contributed by atoms with Crippen molar-refractivity contribution in [1.29, 1.82) is 0 Å². The van der Waals surface area contributed by atoms with Crippen LogP contribution in [0.3, 0.4) is 0 Å². The second-order valence-corrected chi connectivity index (χ2v) is 7.69. The molecule has 0 radical (unpaired) electrons. The van der Waals surface area contributed by atoms with E-state index in [4.69, 9.17) is 15.6 Å². The summed E-state index contributed by atoms with van der Waals surface area (Å²) in [6, 6.07) is 17.3. The number of likely N-dealkylation sites (tertiary alicyclic amines) is 1. The number of carboxylic acid groups (broad SMARTS) is 1. The first-order chi connectivity index (χ1) is 15.6. The van der Waals surface area contributed by atoms with Crippen molar-refractivity contribution in [1.82, 2.24) is 24.6 Å². The summed E-state index contributed by atoms with van der Waals surface area (Å²) in [7, 11) is 0. The molecule has 162 valence electrons. The van der Waals surface area contributed by atoms with Crippen LogP contribution in [-0.2, 0) is 0 Å². The summed E-state index contributed by atoms with van der Waals surface area (Å²) in [5.74, 6) is 1.85. The highest BCUT2D eigenvalue weighted by Crippen LogP contribution is 2.35. The van der Waals surface area contributed by atoms with E-state index >= 15 is 0 Å². The predicted molar refractivity (Wildman–Crippen MR) is 120 cm³/mol. The molecule has 3 N–H and O–H groups in total. The van der Waals surface area contributed by atoms with Gasteiger partial charge in [0.25, 0.3) is 0 Å². The number of hydrogen-bond donors (Lipinski definition) is 2. The van der Waals surface area contributed by atoms with Crippen LogP contribution in [0.2, 0.25) is 0 Å². The molecular weight excluding hydrogens is 408 g/mol. The van der Waals surface area contributed by atoms with Crippen molar-refractivity contribution >= 4 is 22.9 Å². The van der Waals surface area contributed by atoms with Crippen molar-refractivity contribution in [3.8, 4) is 22.8 Å². The van der Waals surface area contributed by atoms with Crippen molar-refractivity contribution in [2.75, 3.05) is 18.8 Å². The molecule has 0 atom stereocenters. The predicted octanol–water partition coefficient (Wildman–Crippen LogP) is 4.18. The first-order valence-electron chi connectivity index (χ1n) is 10.4. The van der Waals surface area contributed by atoms with E-state index in [1.165, 1.54) is 11.2 Å². The molecule has 1 fully saturated rings. The van der Waals surface area contributed by atoms with Crippen LogP contribution in [0.1, 0.15) is 18.9 Å². The number of ether oxygens (including phenoxy) is 1. The fourth-order valence-corrected chi connectivity index (χ4v) is 4.06. The first kappa shape index (κ1) is 19.8. The first-order valence-corrected chi connectivity index (χ1v) is 10.4. The molecule has 2 aromatic carbocycles. The second kappa shape index (κ2) is 8.18.